The molecule has 0 bridgehead atoms. The van der Waals surface area contributed by atoms with Crippen LogP contribution in [0.4, 0.5) is 0 Å². The number of pyridine rings is 1. The van der Waals surface area contributed by atoms with Crippen LogP contribution in [0.2, 0.25) is 0 Å². The summed E-state index contributed by atoms with van der Waals surface area (Å²) in [6.07, 6.45) is 1.79. The maximum absolute atomic E-state index is 9.55. The number of rotatable bonds is 3. The van der Waals surface area contributed by atoms with Gasteiger partial charge in [0, 0.05) is 16.8 Å². The van der Waals surface area contributed by atoms with Crippen molar-refractivity contribution in [2.75, 3.05) is 0 Å². The number of hydrogen-bond acceptors (Lipinski definition) is 4. The zero-order valence-electron chi connectivity index (χ0n) is 10.7. The van der Waals surface area contributed by atoms with Crippen molar-refractivity contribution in [3.8, 4) is 11.5 Å². The molecule has 0 aliphatic heterocycles. The Balaban J connectivity index is 1.84. The molecule has 100 valence electrons. The molecule has 0 radical (unpaired) electrons. The quantitative estimate of drug-likeness (QED) is 0.564. The molecule has 0 aliphatic carbocycles. The highest BCUT2D eigenvalue weighted by atomic mass is 32.2. The number of phenolic OH excluding ortho intramolecular Hbond substituents is 2. The Hall–Kier alpha value is -2.20. The van der Waals surface area contributed by atoms with Crippen molar-refractivity contribution >= 4 is 22.5 Å². The lowest BCUT2D eigenvalue weighted by molar-refractivity contribution is 0.405. The van der Waals surface area contributed by atoms with E-state index in [1.807, 2.05) is 36.4 Å². The van der Waals surface area contributed by atoms with Gasteiger partial charge >= 0.3 is 0 Å². The minimum absolute atomic E-state index is 0.0913. The van der Waals surface area contributed by atoms with Gasteiger partial charge in [-0.15, -0.1) is 11.8 Å². The molecule has 2 N–H and O–H groups in total. The first-order chi connectivity index (χ1) is 9.72. The van der Waals surface area contributed by atoms with Crippen LogP contribution in [0.25, 0.3) is 10.8 Å². The number of benzene rings is 2. The normalized spacial score (nSPS) is 10.8. The summed E-state index contributed by atoms with van der Waals surface area (Å²) in [6, 6.07) is 15.0. The first kappa shape index (κ1) is 12.8. The molecule has 1 aromatic heterocycles. The monoisotopic (exact) mass is 283 g/mol. The van der Waals surface area contributed by atoms with Crippen LogP contribution in [0.1, 0.15) is 5.69 Å². The SMILES string of the molecule is Oc1cc2ccc(SCc3ccccn3)cc2cc1O. The van der Waals surface area contributed by atoms with Gasteiger partial charge in [-0.3, -0.25) is 4.98 Å². The van der Waals surface area contributed by atoms with Gasteiger partial charge in [-0.05, 0) is 47.2 Å². The van der Waals surface area contributed by atoms with E-state index in [0.29, 0.717) is 0 Å². The molecule has 0 spiro atoms. The van der Waals surface area contributed by atoms with Gasteiger partial charge in [0.2, 0.25) is 0 Å². The minimum Gasteiger partial charge on any atom is -0.504 e. The second kappa shape index (κ2) is 5.43. The molecular weight excluding hydrogens is 270 g/mol. The average molecular weight is 283 g/mol. The minimum atomic E-state index is -0.0932. The molecule has 0 fully saturated rings. The van der Waals surface area contributed by atoms with E-state index in [4.69, 9.17) is 0 Å². The molecular formula is C16H13NO2S. The van der Waals surface area contributed by atoms with E-state index < -0.39 is 0 Å². The number of thioether (sulfide) groups is 1. The van der Waals surface area contributed by atoms with Gasteiger partial charge < -0.3 is 10.2 Å². The average Bonchev–Trinajstić information content (AvgIpc) is 2.47. The van der Waals surface area contributed by atoms with Gasteiger partial charge in [0.15, 0.2) is 11.5 Å². The smallest absolute Gasteiger partial charge is 0.158 e. The summed E-state index contributed by atoms with van der Waals surface area (Å²) in [7, 11) is 0. The fraction of sp³-hybridized carbons (Fsp3) is 0.0625. The van der Waals surface area contributed by atoms with Crippen molar-refractivity contribution < 1.29 is 10.2 Å². The predicted octanol–water partition coefficient (Wildman–Crippen LogP) is 3.94. The molecule has 1 heterocycles. The number of phenols is 2. The molecule has 20 heavy (non-hydrogen) atoms. The first-order valence-electron chi connectivity index (χ1n) is 6.21. The van der Waals surface area contributed by atoms with Gasteiger partial charge in [0.1, 0.15) is 0 Å². The maximum Gasteiger partial charge on any atom is 0.158 e. The van der Waals surface area contributed by atoms with E-state index in [0.717, 1.165) is 27.1 Å². The topological polar surface area (TPSA) is 53.4 Å². The molecule has 3 aromatic rings. The fourth-order valence-corrected chi connectivity index (χ4v) is 2.84. The lowest BCUT2D eigenvalue weighted by atomic mass is 10.1. The van der Waals surface area contributed by atoms with Crippen LogP contribution in [0.3, 0.4) is 0 Å². The van der Waals surface area contributed by atoms with Crippen molar-refractivity contribution in [1.29, 1.82) is 0 Å². The Bertz CT molecular complexity index is 744. The molecule has 0 saturated carbocycles. The van der Waals surface area contributed by atoms with Crippen LogP contribution in [0.15, 0.2) is 59.6 Å². The molecule has 0 saturated heterocycles. The summed E-state index contributed by atoms with van der Waals surface area (Å²) < 4.78 is 0. The third-order valence-electron chi connectivity index (χ3n) is 3.02. The highest BCUT2D eigenvalue weighted by Crippen LogP contribution is 2.33. The van der Waals surface area contributed by atoms with Crippen LogP contribution >= 0.6 is 11.8 Å². The third-order valence-corrected chi connectivity index (χ3v) is 4.05. The number of aromatic hydroxyl groups is 2. The van der Waals surface area contributed by atoms with Gasteiger partial charge in [-0.2, -0.15) is 0 Å². The van der Waals surface area contributed by atoms with E-state index in [9.17, 15) is 10.2 Å². The Morgan fingerprint density at radius 1 is 0.900 bits per heavy atom. The molecule has 2 aromatic carbocycles. The Morgan fingerprint density at radius 2 is 1.70 bits per heavy atom. The summed E-state index contributed by atoms with van der Waals surface area (Å²) in [4.78, 5) is 5.39. The summed E-state index contributed by atoms with van der Waals surface area (Å²) >= 11 is 1.69. The largest absolute Gasteiger partial charge is 0.504 e. The van der Waals surface area contributed by atoms with Crippen LogP contribution < -0.4 is 0 Å². The van der Waals surface area contributed by atoms with Gasteiger partial charge in [-0.25, -0.2) is 0 Å². The highest BCUT2D eigenvalue weighted by molar-refractivity contribution is 7.98. The van der Waals surface area contributed by atoms with Crippen molar-refractivity contribution in [1.82, 2.24) is 4.98 Å². The zero-order chi connectivity index (χ0) is 13.9. The van der Waals surface area contributed by atoms with Crippen molar-refractivity contribution in [2.24, 2.45) is 0 Å². The molecule has 3 rings (SSSR count). The fourth-order valence-electron chi connectivity index (χ4n) is 1.98. The van der Waals surface area contributed by atoms with Crippen LogP contribution in [-0.4, -0.2) is 15.2 Å². The second-order valence-electron chi connectivity index (χ2n) is 4.46. The molecule has 0 aliphatic rings. The Labute approximate surface area is 120 Å². The van der Waals surface area contributed by atoms with Gasteiger partial charge in [0.05, 0.1) is 5.69 Å². The van der Waals surface area contributed by atoms with Crippen LogP contribution in [-0.2, 0) is 5.75 Å². The van der Waals surface area contributed by atoms with Crippen molar-refractivity contribution in [2.45, 2.75) is 10.6 Å². The summed E-state index contributed by atoms with van der Waals surface area (Å²) in [6.45, 7) is 0. The van der Waals surface area contributed by atoms with Gasteiger partial charge in [-0.1, -0.05) is 12.1 Å². The van der Waals surface area contributed by atoms with Crippen LogP contribution in [0.5, 0.6) is 11.5 Å². The van der Waals surface area contributed by atoms with E-state index in [1.54, 1.807) is 30.1 Å². The summed E-state index contributed by atoms with van der Waals surface area (Å²) in [5, 5.41) is 20.8. The highest BCUT2D eigenvalue weighted by Gasteiger charge is 2.04. The molecule has 3 nitrogen and oxygen atoms in total. The lowest BCUT2D eigenvalue weighted by Crippen LogP contribution is -1.84. The first-order valence-corrected chi connectivity index (χ1v) is 7.19. The van der Waals surface area contributed by atoms with Crippen molar-refractivity contribution in [3.05, 3.63) is 60.4 Å². The molecule has 0 unspecified atom stereocenters. The standard InChI is InChI=1S/C16H13NO2S/c18-15-8-11-4-5-14(7-12(11)9-16(15)19)20-10-13-3-1-2-6-17-13/h1-9,18-19H,10H2. The predicted molar refractivity (Wildman–Crippen MR) is 81.1 cm³/mol. The number of nitrogens with zero attached hydrogens (tertiary/aromatic N) is 1. The number of hydrogen-bond donors (Lipinski definition) is 2. The van der Waals surface area contributed by atoms with E-state index >= 15 is 0 Å². The number of fused-ring (bicyclic) bond motifs is 1. The van der Waals surface area contributed by atoms with E-state index in [2.05, 4.69) is 4.98 Å². The zero-order valence-corrected chi connectivity index (χ0v) is 11.5. The Kier molecular flexibility index (Phi) is 3.48. The Morgan fingerprint density at radius 3 is 2.45 bits per heavy atom. The lowest BCUT2D eigenvalue weighted by Gasteiger charge is -2.05. The van der Waals surface area contributed by atoms with E-state index in [1.165, 1.54) is 0 Å². The molecule has 0 atom stereocenters. The van der Waals surface area contributed by atoms with E-state index in [-0.39, 0.29) is 11.5 Å². The van der Waals surface area contributed by atoms with Gasteiger partial charge in [0.25, 0.3) is 0 Å². The number of aromatic nitrogens is 1. The van der Waals surface area contributed by atoms with Crippen LogP contribution in [0, 0.1) is 0 Å². The maximum atomic E-state index is 9.55. The summed E-state index contributed by atoms with van der Waals surface area (Å²) in [5.74, 6) is 0.618. The summed E-state index contributed by atoms with van der Waals surface area (Å²) in [5.41, 5.74) is 1.03. The molecule has 4 heteroatoms. The van der Waals surface area contributed by atoms with Crippen molar-refractivity contribution in [3.63, 3.8) is 0 Å². The second-order valence-corrected chi connectivity index (χ2v) is 5.51. The third kappa shape index (κ3) is 2.70. The molecule has 0 amide bonds.